The molecule has 2 N–H and O–H groups in total. The van der Waals surface area contributed by atoms with Gasteiger partial charge in [0.05, 0.1) is 13.7 Å². The van der Waals surface area contributed by atoms with Gasteiger partial charge >= 0.3 is 5.97 Å². The van der Waals surface area contributed by atoms with Crippen LogP contribution in [-0.2, 0) is 25.5 Å². The van der Waals surface area contributed by atoms with Crippen molar-refractivity contribution in [1.29, 1.82) is 0 Å². The van der Waals surface area contributed by atoms with Crippen molar-refractivity contribution < 1.29 is 23.7 Å². The number of nitrogens with two attached hydrogens (primary N) is 1. The van der Waals surface area contributed by atoms with Crippen molar-refractivity contribution in [2.75, 3.05) is 40.1 Å². The molecule has 1 aromatic carbocycles. The van der Waals surface area contributed by atoms with E-state index in [1.165, 1.54) is 7.11 Å². The average Bonchev–Trinajstić information content (AvgIpc) is 2.62. The maximum Gasteiger partial charge on any atom is 0.331 e. The van der Waals surface area contributed by atoms with E-state index in [-0.39, 0.29) is 12.6 Å². The van der Waals surface area contributed by atoms with Gasteiger partial charge in [-0.15, -0.1) is 0 Å². The maximum atomic E-state index is 10.8. The molecule has 0 spiro atoms. The third-order valence-electron chi connectivity index (χ3n) is 3.39. The second-order valence-electron chi connectivity index (χ2n) is 5.35. The number of hydrogen-bond donors (Lipinski definition) is 1. The van der Waals surface area contributed by atoms with E-state index in [9.17, 15) is 4.79 Å². The van der Waals surface area contributed by atoms with Gasteiger partial charge in [0, 0.05) is 26.4 Å². The summed E-state index contributed by atoms with van der Waals surface area (Å²) in [5.74, 6) is 0.531. The van der Waals surface area contributed by atoms with Gasteiger partial charge in [-0.05, 0) is 43.4 Å². The van der Waals surface area contributed by atoms with Gasteiger partial charge in [0.25, 0.3) is 0 Å². The van der Waals surface area contributed by atoms with Crippen LogP contribution in [0.2, 0.25) is 0 Å². The molecule has 0 heterocycles. The summed E-state index contributed by atoms with van der Waals surface area (Å²) in [6, 6.07) is 7.87. The Hall–Kier alpha value is -1.63. The molecule has 0 saturated carbocycles. The second kappa shape index (κ2) is 13.8. The summed E-state index contributed by atoms with van der Waals surface area (Å²) in [6.45, 7) is 3.16. The highest BCUT2D eigenvalue weighted by Crippen LogP contribution is 2.12. The van der Waals surface area contributed by atoms with Crippen molar-refractivity contribution in [1.82, 2.24) is 0 Å². The van der Waals surface area contributed by atoms with Gasteiger partial charge < -0.3 is 24.7 Å². The van der Waals surface area contributed by atoms with Crippen molar-refractivity contribution >= 4 is 5.97 Å². The summed E-state index contributed by atoms with van der Waals surface area (Å²) in [7, 11) is 1.34. The summed E-state index contributed by atoms with van der Waals surface area (Å²) in [5.41, 5.74) is 6.66. The summed E-state index contributed by atoms with van der Waals surface area (Å²) in [6.07, 6.45) is 3.86. The number of carbonyl (C=O) groups is 1. The van der Waals surface area contributed by atoms with Crippen molar-refractivity contribution in [3.05, 3.63) is 29.8 Å². The monoisotopic (exact) mass is 339 g/mol. The molecule has 0 aliphatic rings. The predicted octanol–water partition coefficient (Wildman–Crippen LogP) is 2.29. The second-order valence-corrected chi connectivity index (χ2v) is 5.35. The normalized spacial score (nSPS) is 10.6. The smallest absolute Gasteiger partial charge is 0.331 e. The van der Waals surface area contributed by atoms with Crippen LogP contribution in [0.25, 0.3) is 0 Å². The Morgan fingerprint density at radius 1 is 0.917 bits per heavy atom. The first-order valence-corrected chi connectivity index (χ1v) is 8.40. The molecule has 6 nitrogen and oxygen atoms in total. The van der Waals surface area contributed by atoms with Crippen molar-refractivity contribution in [3.8, 4) is 5.75 Å². The summed E-state index contributed by atoms with van der Waals surface area (Å²) < 4.78 is 20.8. The highest BCUT2D eigenvalue weighted by Gasteiger charge is 1.99. The molecule has 0 saturated heterocycles. The first-order chi connectivity index (χ1) is 11.8. The SMILES string of the molecule is COC(=O)COCCCOCCCCCOc1ccc(CN)cc1. The molecule has 1 aromatic rings. The van der Waals surface area contributed by atoms with Crippen molar-refractivity contribution in [2.45, 2.75) is 32.2 Å². The van der Waals surface area contributed by atoms with Crippen molar-refractivity contribution in [3.63, 3.8) is 0 Å². The summed E-state index contributed by atoms with van der Waals surface area (Å²) in [4.78, 5) is 10.8. The van der Waals surface area contributed by atoms with E-state index >= 15 is 0 Å². The van der Waals surface area contributed by atoms with E-state index in [0.29, 0.717) is 26.4 Å². The summed E-state index contributed by atoms with van der Waals surface area (Å²) in [5, 5.41) is 0. The number of methoxy groups -OCH3 is 1. The molecule has 6 heteroatoms. The largest absolute Gasteiger partial charge is 0.494 e. The molecule has 0 bridgehead atoms. The zero-order valence-corrected chi connectivity index (χ0v) is 14.5. The first kappa shape index (κ1) is 20.4. The topological polar surface area (TPSA) is 80.0 Å². The fraction of sp³-hybridized carbons (Fsp3) is 0.611. The van der Waals surface area contributed by atoms with E-state index in [0.717, 1.165) is 43.6 Å². The van der Waals surface area contributed by atoms with Gasteiger partial charge in [-0.1, -0.05) is 12.1 Å². The van der Waals surface area contributed by atoms with Gasteiger partial charge in [-0.2, -0.15) is 0 Å². The first-order valence-electron chi connectivity index (χ1n) is 8.40. The molecule has 0 aliphatic carbocycles. The molecule has 0 amide bonds. The zero-order chi connectivity index (χ0) is 17.5. The number of carbonyl (C=O) groups excluding carboxylic acids is 1. The molecule has 136 valence electrons. The Labute approximate surface area is 144 Å². The number of hydrogen-bond acceptors (Lipinski definition) is 6. The van der Waals surface area contributed by atoms with Crippen LogP contribution in [0.3, 0.4) is 0 Å². The van der Waals surface area contributed by atoms with Crippen LogP contribution in [0.5, 0.6) is 5.75 Å². The van der Waals surface area contributed by atoms with Gasteiger partial charge in [0.15, 0.2) is 0 Å². The van der Waals surface area contributed by atoms with Gasteiger partial charge in [-0.25, -0.2) is 4.79 Å². The number of ether oxygens (including phenoxy) is 4. The molecule has 24 heavy (non-hydrogen) atoms. The molecule has 0 radical (unpaired) electrons. The molecule has 0 unspecified atom stereocenters. The van der Waals surface area contributed by atoms with Crippen LogP contribution >= 0.6 is 0 Å². The van der Waals surface area contributed by atoms with Crippen LogP contribution < -0.4 is 10.5 Å². The van der Waals surface area contributed by atoms with Crippen LogP contribution in [0.15, 0.2) is 24.3 Å². The lowest BCUT2D eigenvalue weighted by molar-refractivity contribution is -0.146. The van der Waals surface area contributed by atoms with E-state index in [4.69, 9.17) is 19.9 Å². The number of unbranched alkanes of at least 4 members (excludes halogenated alkanes) is 2. The molecule has 0 fully saturated rings. The third-order valence-corrected chi connectivity index (χ3v) is 3.39. The lowest BCUT2D eigenvalue weighted by atomic mass is 10.2. The minimum absolute atomic E-state index is 0.00541. The van der Waals surface area contributed by atoms with Crippen molar-refractivity contribution in [2.24, 2.45) is 5.73 Å². The zero-order valence-electron chi connectivity index (χ0n) is 14.5. The lowest BCUT2D eigenvalue weighted by Gasteiger charge is -2.07. The van der Waals surface area contributed by atoms with E-state index in [1.54, 1.807) is 0 Å². The van der Waals surface area contributed by atoms with Gasteiger partial charge in [-0.3, -0.25) is 0 Å². The van der Waals surface area contributed by atoms with Crippen LogP contribution in [-0.4, -0.2) is 46.1 Å². The molecular weight excluding hydrogens is 310 g/mol. The van der Waals surface area contributed by atoms with Crippen LogP contribution in [0, 0.1) is 0 Å². The molecule has 0 atom stereocenters. The molecule has 0 aromatic heterocycles. The van der Waals surface area contributed by atoms with Crippen LogP contribution in [0.4, 0.5) is 0 Å². The van der Waals surface area contributed by atoms with Gasteiger partial charge in [0.1, 0.15) is 12.4 Å². The quantitative estimate of drug-likeness (QED) is 0.414. The summed E-state index contributed by atoms with van der Waals surface area (Å²) >= 11 is 0. The van der Waals surface area contributed by atoms with E-state index in [2.05, 4.69) is 4.74 Å². The minimum Gasteiger partial charge on any atom is -0.494 e. The third kappa shape index (κ3) is 10.2. The Kier molecular flexibility index (Phi) is 11.7. The standard InChI is InChI=1S/C18H29NO5/c1-21-18(20)15-23-12-5-11-22-10-3-2-4-13-24-17-8-6-16(14-19)7-9-17/h6-9H,2-5,10-15,19H2,1H3. The van der Waals surface area contributed by atoms with Gasteiger partial charge in [0.2, 0.25) is 0 Å². The molecular formula is C18H29NO5. The Balaban J connectivity index is 1.84. The molecule has 0 aliphatic heterocycles. The fourth-order valence-electron chi connectivity index (χ4n) is 1.97. The number of benzene rings is 1. The molecule has 1 rings (SSSR count). The number of rotatable bonds is 14. The average molecular weight is 339 g/mol. The highest BCUT2D eigenvalue weighted by molar-refractivity contribution is 5.70. The fourth-order valence-corrected chi connectivity index (χ4v) is 1.97. The Morgan fingerprint density at radius 2 is 1.58 bits per heavy atom. The van der Waals surface area contributed by atoms with E-state index in [1.807, 2.05) is 24.3 Å². The predicted molar refractivity (Wildman–Crippen MR) is 92.0 cm³/mol. The highest BCUT2D eigenvalue weighted by atomic mass is 16.6. The Bertz CT molecular complexity index is 436. The number of esters is 1. The Morgan fingerprint density at radius 3 is 2.29 bits per heavy atom. The van der Waals surface area contributed by atoms with E-state index < -0.39 is 0 Å². The van der Waals surface area contributed by atoms with Crippen LogP contribution in [0.1, 0.15) is 31.2 Å². The lowest BCUT2D eigenvalue weighted by Crippen LogP contribution is -2.11. The minimum atomic E-state index is -0.353. The maximum absolute atomic E-state index is 10.8.